The van der Waals surface area contributed by atoms with Crippen molar-refractivity contribution in [1.29, 1.82) is 0 Å². The van der Waals surface area contributed by atoms with Crippen LogP contribution in [0.25, 0.3) is 10.9 Å². The number of aliphatic imine (C=N–C) groups is 1. The molecule has 2 N–H and O–H groups in total. The number of guanidine groups is 1. The first kappa shape index (κ1) is 21.1. The minimum absolute atomic E-state index is 0. The molecule has 0 atom stereocenters. The topological polar surface area (TPSA) is 75.3 Å². The van der Waals surface area contributed by atoms with Crippen molar-refractivity contribution in [3.05, 3.63) is 59.4 Å². The van der Waals surface area contributed by atoms with E-state index in [0.29, 0.717) is 12.4 Å². The summed E-state index contributed by atoms with van der Waals surface area (Å²) in [4.78, 5) is 13.4. The largest absolute Gasteiger partial charge is 0.444 e. The molecule has 144 valence electrons. The van der Waals surface area contributed by atoms with Crippen LogP contribution in [0.2, 0.25) is 0 Å². The van der Waals surface area contributed by atoms with Gasteiger partial charge in [-0.25, -0.2) is 9.98 Å². The van der Waals surface area contributed by atoms with Gasteiger partial charge in [-0.1, -0.05) is 24.3 Å². The Balaban J connectivity index is 0.00000261. The molecule has 7 heteroatoms. The summed E-state index contributed by atoms with van der Waals surface area (Å²) in [6.45, 7) is 7.88. The van der Waals surface area contributed by atoms with Crippen LogP contribution < -0.4 is 10.6 Å². The van der Waals surface area contributed by atoms with E-state index < -0.39 is 0 Å². The summed E-state index contributed by atoms with van der Waals surface area (Å²) in [7, 11) is 0. The fraction of sp³-hybridized carbons (Fsp3) is 0.350. The summed E-state index contributed by atoms with van der Waals surface area (Å²) >= 11 is 0. The van der Waals surface area contributed by atoms with E-state index >= 15 is 0 Å². The molecule has 1 aromatic carbocycles. The quantitative estimate of drug-likeness (QED) is 0.320. The minimum Gasteiger partial charge on any atom is -0.444 e. The van der Waals surface area contributed by atoms with Gasteiger partial charge in [0, 0.05) is 24.7 Å². The number of aryl methyl sites for hydroxylation is 2. The first-order valence-electron chi connectivity index (χ1n) is 8.95. The molecule has 0 fully saturated rings. The average molecular weight is 479 g/mol. The third-order valence-corrected chi connectivity index (χ3v) is 4.19. The fourth-order valence-electron chi connectivity index (χ4n) is 2.78. The van der Waals surface area contributed by atoms with Gasteiger partial charge >= 0.3 is 0 Å². The van der Waals surface area contributed by atoms with Gasteiger partial charge in [-0.15, -0.1) is 24.0 Å². The first-order chi connectivity index (χ1) is 12.7. The standard InChI is InChI=1S/C20H25N5O.HI/c1-4-21-20(24-13-18-25-14(2)15(3)26-18)23-12-10-17-8-5-7-16-9-6-11-22-19(16)17;/h5-9,11H,4,10,12-13H2,1-3H3,(H2,21,23,24);1H. The van der Waals surface area contributed by atoms with Gasteiger partial charge in [0.15, 0.2) is 5.96 Å². The fourth-order valence-corrected chi connectivity index (χ4v) is 2.78. The number of nitrogens with zero attached hydrogens (tertiary/aromatic N) is 3. The predicted molar refractivity (Wildman–Crippen MR) is 120 cm³/mol. The van der Waals surface area contributed by atoms with Crippen LogP contribution in [-0.2, 0) is 13.0 Å². The zero-order valence-electron chi connectivity index (χ0n) is 16.0. The molecule has 0 aliphatic heterocycles. The Morgan fingerprint density at radius 2 is 1.96 bits per heavy atom. The van der Waals surface area contributed by atoms with E-state index in [0.717, 1.165) is 42.4 Å². The number of fused-ring (bicyclic) bond motifs is 1. The number of para-hydroxylation sites is 1. The summed E-state index contributed by atoms with van der Waals surface area (Å²) in [6.07, 6.45) is 2.71. The summed E-state index contributed by atoms with van der Waals surface area (Å²) < 4.78 is 5.58. The van der Waals surface area contributed by atoms with Crippen LogP contribution >= 0.6 is 24.0 Å². The molecule has 0 amide bonds. The minimum atomic E-state index is 0. The van der Waals surface area contributed by atoms with E-state index in [9.17, 15) is 0 Å². The number of nitrogens with one attached hydrogen (secondary N) is 2. The molecule has 0 unspecified atom stereocenters. The third kappa shape index (κ3) is 5.66. The number of hydrogen-bond acceptors (Lipinski definition) is 4. The van der Waals surface area contributed by atoms with Crippen molar-refractivity contribution < 1.29 is 4.42 Å². The molecule has 0 saturated carbocycles. The number of halogens is 1. The van der Waals surface area contributed by atoms with Crippen LogP contribution in [0.5, 0.6) is 0 Å². The smallest absolute Gasteiger partial charge is 0.216 e. The number of oxazole rings is 1. The highest BCUT2D eigenvalue weighted by Gasteiger charge is 2.06. The molecule has 0 aliphatic carbocycles. The van der Waals surface area contributed by atoms with Gasteiger partial charge in [-0.3, -0.25) is 4.98 Å². The van der Waals surface area contributed by atoms with Crippen molar-refractivity contribution in [3.8, 4) is 0 Å². The first-order valence-corrected chi connectivity index (χ1v) is 8.95. The lowest BCUT2D eigenvalue weighted by Crippen LogP contribution is -2.38. The Kier molecular flexibility index (Phi) is 8.02. The second-order valence-electron chi connectivity index (χ2n) is 6.11. The van der Waals surface area contributed by atoms with Crippen LogP contribution in [0.4, 0.5) is 0 Å². The number of pyridine rings is 1. The summed E-state index contributed by atoms with van der Waals surface area (Å²) in [5.41, 5.74) is 3.20. The Morgan fingerprint density at radius 1 is 1.15 bits per heavy atom. The third-order valence-electron chi connectivity index (χ3n) is 4.19. The molecule has 0 bridgehead atoms. The van der Waals surface area contributed by atoms with Gasteiger partial charge in [0.2, 0.25) is 5.89 Å². The molecule has 6 nitrogen and oxygen atoms in total. The molecule has 0 radical (unpaired) electrons. The van der Waals surface area contributed by atoms with Gasteiger partial charge in [0.05, 0.1) is 11.2 Å². The van der Waals surface area contributed by atoms with Crippen molar-refractivity contribution in [3.63, 3.8) is 0 Å². The number of aromatic nitrogens is 2. The molecule has 2 aromatic heterocycles. The maximum atomic E-state index is 5.58. The van der Waals surface area contributed by atoms with E-state index in [2.05, 4.69) is 49.9 Å². The van der Waals surface area contributed by atoms with Gasteiger partial charge in [0.25, 0.3) is 0 Å². The van der Waals surface area contributed by atoms with Gasteiger partial charge < -0.3 is 15.1 Å². The lowest BCUT2D eigenvalue weighted by atomic mass is 10.1. The average Bonchev–Trinajstić information content (AvgIpc) is 2.97. The highest BCUT2D eigenvalue weighted by molar-refractivity contribution is 14.0. The van der Waals surface area contributed by atoms with E-state index in [-0.39, 0.29) is 24.0 Å². The van der Waals surface area contributed by atoms with Crippen molar-refractivity contribution in [2.24, 2.45) is 4.99 Å². The van der Waals surface area contributed by atoms with Crippen molar-refractivity contribution in [2.75, 3.05) is 13.1 Å². The van der Waals surface area contributed by atoms with Crippen molar-refractivity contribution >= 4 is 40.8 Å². The summed E-state index contributed by atoms with van der Waals surface area (Å²) in [6, 6.07) is 10.3. The molecule has 3 rings (SSSR count). The van der Waals surface area contributed by atoms with E-state index in [1.165, 1.54) is 10.9 Å². The van der Waals surface area contributed by atoms with Crippen LogP contribution in [-0.4, -0.2) is 29.0 Å². The van der Waals surface area contributed by atoms with Gasteiger partial charge in [0.1, 0.15) is 12.3 Å². The zero-order valence-corrected chi connectivity index (χ0v) is 18.3. The van der Waals surface area contributed by atoms with Crippen LogP contribution in [0, 0.1) is 13.8 Å². The van der Waals surface area contributed by atoms with E-state index in [4.69, 9.17) is 4.42 Å². The molecule has 3 aromatic rings. The predicted octanol–water partition coefficient (Wildman–Crippen LogP) is 3.76. The summed E-state index contributed by atoms with van der Waals surface area (Å²) in [5, 5.41) is 7.79. The highest BCUT2D eigenvalue weighted by atomic mass is 127. The Morgan fingerprint density at radius 3 is 2.70 bits per heavy atom. The lowest BCUT2D eigenvalue weighted by Gasteiger charge is -2.11. The maximum Gasteiger partial charge on any atom is 0.216 e. The molecular weight excluding hydrogens is 453 g/mol. The second kappa shape index (κ2) is 10.2. The lowest BCUT2D eigenvalue weighted by molar-refractivity contribution is 0.473. The van der Waals surface area contributed by atoms with Crippen molar-refractivity contribution in [2.45, 2.75) is 33.7 Å². The molecule has 2 heterocycles. The van der Waals surface area contributed by atoms with Crippen molar-refractivity contribution in [1.82, 2.24) is 20.6 Å². The Bertz CT molecular complexity index is 882. The second-order valence-corrected chi connectivity index (χ2v) is 6.11. The number of hydrogen-bond donors (Lipinski definition) is 2. The molecule has 0 aliphatic rings. The van der Waals surface area contributed by atoms with E-state index in [1.807, 2.05) is 33.0 Å². The Labute approximate surface area is 176 Å². The van der Waals surface area contributed by atoms with Crippen LogP contribution in [0.1, 0.15) is 29.8 Å². The van der Waals surface area contributed by atoms with Crippen LogP contribution in [0.3, 0.4) is 0 Å². The SMILES string of the molecule is CCNC(=NCc1nc(C)c(C)o1)NCCc1cccc2cccnc12.I. The normalized spacial score (nSPS) is 11.3. The monoisotopic (exact) mass is 479 g/mol. The molecule has 27 heavy (non-hydrogen) atoms. The molecule has 0 spiro atoms. The van der Waals surface area contributed by atoms with Crippen LogP contribution in [0.15, 0.2) is 45.9 Å². The van der Waals surface area contributed by atoms with E-state index in [1.54, 1.807) is 0 Å². The van der Waals surface area contributed by atoms with Gasteiger partial charge in [-0.05, 0) is 38.8 Å². The molecular formula is C20H26IN5O. The Hall–Kier alpha value is -2.16. The number of benzene rings is 1. The van der Waals surface area contributed by atoms with Gasteiger partial charge in [-0.2, -0.15) is 0 Å². The number of rotatable bonds is 6. The zero-order chi connectivity index (χ0) is 18.4. The summed E-state index contributed by atoms with van der Waals surface area (Å²) in [5.74, 6) is 2.24. The highest BCUT2D eigenvalue weighted by Crippen LogP contribution is 2.16. The maximum absolute atomic E-state index is 5.58. The molecule has 0 saturated heterocycles.